The molecular weight excluding hydrogens is 310 g/mol. The minimum absolute atomic E-state index is 0.0217. The molecule has 0 spiro atoms. The number of hydrogen-bond acceptors (Lipinski definition) is 8. The van der Waals surface area contributed by atoms with Crippen molar-refractivity contribution in [1.82, 2.24) is 5.32 Å². The molecule has 1 aliphatic rings. The summed E-state index contributed by atoms with van der Waals surface area (Å²) < 4.78 is 5.24. The first-order valence-corrected chi connectivity index (χ1v) is 7.45. The molecule has 6 N–H and O–H groups in total. The molecule has 0 bridgehead atoms. The van der Waals surface area contributed by atoms with Gasteiger partial charge in [0.25, 0.3) is 5.91 Å². The summed E-state index contributed by atoms with van der Waals surface area (Å²) in [6.07, 6.45) is -5.37. The molecule has 1 fully saturated rings. The summed E-state index contributed by atoms with van der Waals surface area (Å²) in [5, 5.41) is 51.1. The van der Waals surface area contributed by atoms with Gasteiger partial charge in [-0.25, -0.2) is 0 Å². The van der Waals surface area contributed by atoms with Gasteiger partial charge >= 0.3 is 0 Å². The van der Waals surface area contributed by atoms with Crippen LogP contribution in [0.4, 0.5) is 0 Å². The van der Waals surface area contributed by atoms with Crippen molar-refractivity contribution in [3.8, 4) is 0 Å². The van der Waals surface area contributed by atoms with Gasteiger partial charge in [0.2, 0.25) is 5.79 Å². The zero-order valence-electron chi connectivity index (χ0n) is 13.1. The third kappa shape index (κ3) is 4.69. The Hall–Kier alpha value is -1.10. The second-order valence-corrected chi connectivity index (χ2v) is 6.06. The van der Waals surface area contributed by atoms with Crippen LogP contribution in [0.25, 0.3) is 0 Å². The van der Waals surface area contributed by atoms with Gasteiger partial charge in [-0.2, -0.15) is 0 Å². The summed E-state index contributed by atoms with van der Waals surface area (Å²) >= 11 is 0. The highest BCUT2D eigenvalue weighted by Crippen LogP contribution is 2.33. The van der Waals surface area contributed by atoms with E-state index in [4.69, 9.17) is 9.84 Å². The Morgan fingerprint density at radius 1 is 1.48 bits per heavy atom. The molecule has 0 aromatic carbocycles. The van der Waals surface area contributed by atoms with Gasteiger partial charge in [0.15, 0.2) is 0 Å². The van der Waals surface area contributed by atoms with Gasteiger partial charge in [0.05, 0.1) is 18.8 Å². The zero-order valence-corrected chi connectivity index (χ0v) is 13.1. The highest BCUT2D eigenvalue weighted by atomic mass is 16.6. The highest BCUT2D eigenvalue weighted by molar-refractivity contribution is 5.83. The largest absolute Gasteiger partial charge is 0.394 e. The van der Waals surface area contributed by atoms with Gasteiger partial charge in [-0.15, -0.1) is 0 Å². The summed E-state index contributed by atoms with van der Waals surface area (Å²) in [4.78, 5) is 22.6. The van der Waals surface area contributed by atoms with E-state index in [1.165, 1.54) is 6.92 Å². The Balaban J connectivity index is 2.86. The Labute approximate surface area is 133 Å². The van der Waals surface area contributed by atoms with Gasteiger partial charge in [-0.3, -0.25) is 4.79 Å². The van der Waals surface area contributed by atoms with E-state index in [-0.39, 0.29) is 6.54 Å². The number of aldehydes is 1. The van der Waals surface area contributed by atoms with Crippen LogP contribution in [0.1, 0.15) is 20.3 Å². The average Bonchev–Trinajstić information content (AvgIpc) is 2.53. The lowest BCUT2D eigenvalue weighted by molar-refractivity contribution is -0.294. The number of amides is 1. The molecule has 7 atom stereocenters. The molecule has 134 valence electrons. The molecule has 1 heterocycles. The second-order valence-electron chi connectivity index (χ2n) is 6.06. The Morgan fingerprint density at radius 2 is 2.09 bits per heavy atom. The number of carbonyl (C=O) groups excluding carboxylic acids is 2. The van der Waals surface area contributed by atoms with Crippen molar-refractivity contribution < 1.29 is 39.9 Å². The highest BCUT2D eigenvalue weighted by Gasteiger charge is 2.51. The number of rotatable bonds is 7. The van der Waals surface area contributed by atoms with Gasteiger partial charge in [0.1, 0.15) is 18.5 Å². The van der Waals surface area contributed by atoms with Crippen molar-refractivity contribution in [2.75, 3.05) is 13.2 Å². The summed E-state index contributed by atoms with van der Waals surface area (Å²) in [6.45, 7) is 2.33. The first kappa shape index (κ1) is 19.9. The van der Waals surface area contributed by atoms with Crippen LogP contribution in [-0.4, -0.2) is 81.1 Å². The number of nitrogens with one attached hydrogen (secondary N) is 1. The van der Waals surface area contributed by atoms with Crippen LogP contribution in [0.3, 0.4) is 0 Å². The Kier molecular flexibility index (Phi) is 7.05. The zero-order chi connectivity index (χ0) is 17.8. The van der Waals surface area contributed by atoms with Gasteiger partial charge < -0.3 is 40.4 Å². The minimum atomic E-state index is -2.41. The van der Waals surface area contributed by atoms with E-state index in [2.05, 4.69) is 5.32 Å². The molecule has 0 radical (unpaired) electrons. The van der Waals surface area contributed by atoms with Crippen LogP contribution < -0.4 is 5.32 Å². The molecule has 1 aliphatic heterocycles. The molecule has 0 saturated carbocycles. The summed E-state index contributed by atoms with van der Waals surface area (Å²) in [6, 6.07) is 0. The van der Waals surface area contributed by atoms with Crippen LogP contribution in [0.15, 0.2) is 0 Å². The number of aliphatic hydroxyl groups is 5. The molecule has 1 rings (SSSR count). The molecule has 7 unspecified atom stereocenters. The normalized spacial score (nSPS) is 35.2. The van der Waals surface area contributed by atoms with E-state index < -0.39 is 61.0 Å². The van der Waals surface area contributed by atoms with Crippen molar-refractivity contribution >= 4 is 12.2 Å². The number of ether oxygens (including phenoxy) is 1. The lowest BCUT2D eigenvalue weighted by Gasteiger charge is -2.44. The summed E-state index contributed by atoms with van der Waals surface area (Å²) in [7, 11) is 0. The smallest absolute Gasteiger partial charge is 0.280 e. The molecule has 9 heteroatoms. The van der Waals surface area contributed by atoms with Gasteiger partial charge in [-0.1, -0.05) is 13.8 Å². The van der Waals surface area contributed by atoms with Crippen molar-refractivity contribution in [1.29, 1.82) is 0 Å². The van der Waals surface area contributed by atoms with E-state index in [0.29, 0.717) is 6.29 Å². The first-order valence-electron chi connectivity index (χ1n) is 7.45. The predicted octanol–water partition coefficient (Wildman–Crippen LogP) is -2.87. The molecule has 0 aliphatic carbocycles. The lowest BCUT2D eigenvalue weighted by atomic mass is 9.84. The molecule has 1 amide bonds. The van der Waals surface area contributed by atoms with E-state index in [1.807, 2.05) is 0 Å². The van der Waals surface area contributed by atoms with Crippen LogP contribution in [0, 0.1) is 11.8 Å². The van der Waals surface area contributed by atoms with Crippen molar-refractivity contribution in [3.63, 3.8) is 0 Å². The van der Waals surface area contributed by atoms with Crippen molar-refractivity contribution in [3.05, 3.63) is 0 Å². The minimum Gasteiger partial charge on any atom is -0.394 e. The molecule has 1 saturated heterocycles. The second kappa shape index (κ2) is 8.13. The maximum atomic E-state index is 12.1. The Morgan fingerprint density at radius 3 is 2.61 bits per heavy atom. The van der Waals surface area contributed by atoms with Crippen LogP contribution in [0.5, 0.6) is 0 Å². The van der Waals surface area contributed by atoms with Gasteiger partial charge in [-0.05, 0) is 0 Å². The maximum absolute atomic E-state index is 12.1. The van der Waals surface area contributed by atoms with Crippen molar-refractivity contribution in [2.24, 2.45) is 11.8 Å². The van der Waals surface area contributed by atoms with Gasteiger partial charge in [0, 0.05) is 24.8 Å². The van der Waals surface area contributed by atoms with E-state index in [0.717, 1.165) is 0 Å². The molecule has 0 aromatic rings. The third-order valence-corrected chi connectivity index (χ3v) is 4.03. The van der Waals surface area contributed by atoms with Crippen molar-refractivity contribution in [2.45, 2.75) is 50.5 Å². The van der Waals surface area contributed by atoms with Crippen LogP contribution in [0.2, 0.25) is 0 Å². The fourth-order valence-corrected chi connectivity index (χ4v) is 2.36. The predicted molar refractivity (Wildman–Crippen MR) is 76.9 cm³/mol. The van der Waals surface area contributed by atoms with Crippen LogP contribution >= 0.6 is 0 Å². The van der Waals surface area contributed by atoms with E-state index >= 15 is 0 Å². The summed E-state index contributed by atoms with van der Waals surface area (Å²) in [5.74, 6) is -4.51. The fourth-order valence-electron chi connectivity index (χ4n) is 2.36. The SMILES string of the molecule is CC(C=O)CNC(=O)C1(O)CC(O)C(C)C(C(O)C(O)CO)O1. The molecule has 23 heavy (non-hydrogen) atoms. The number of carbonyl (C=O) groups is 2. The maximum Gasteiger partial charge on any atom is 0.280 e. The number of aliphatic hydroxyl groups excluding tert-OH is 4. The topological polar surface area (TPSA) is 157 Å². The first-order chi connectivity index (χ1) is 10.7. The lowest BCUT2D eigenvalue weighted by Crippen LogP contribution is -2.62. The number of hydrogen-bond donors (Lipinski definition) is 6. The fraction of sp³-hybridized carbons (Fsp3) is 0.857. The molecular formula is C14H25NO8. The molecule has 0 aromatic heterocycles. The third-order valence-electron chi connectivity index (χ3n) is 4.03. The van der Waals surface area contributed by atoms with Crippen LogP contribution in [-0.2, 0) is 14.3 Å². The van der Waals surface area contributed by atoms with E-state index in [9.17, 15) is 30.0 Å². The molecule has 9 nitrogen and oxygen atoms in total. The monoisotopic (exact) mass is 335 g/mol. The van der Waals surface area contributed by atoms with E-state index in [1.54, 1.807) is 6.92 Å². The average molecular weight is 335 g/mol. The standard InChI is InChI=1S/C14H25NO8/c1-7(5-16)4-15-13(21)14(22)3-9(18)8(2)12(23-14)11(20)10(19)6-17/h5,7-12,17-20,22H,3-4,6H2,1-2H3,(H,15,21). The quantitative estimate of drug-likeness (QED) is 0.271. The Bertz CT molecular complexity index is 420. The summed E-state index contributed by atoms with van der Waals surface area (Å²) in [5.41, 5.74) is 0.